The molecule has 0 atom stereocenters. The van der Waals surface area contributed by atoms with E-state index in [-0.39, 0.29) is 0 Å². The summed E-state index contributed by atoms with van der Waals surface area (Å²) in [5.41, 5.74) is 7.94. The maximum Gasteiger partial charge on any atom is 0.0511 e. The van der Waals surface area contributed by atoms with Gasteiger partial charge in [0, 0.05) is 24.1 Å². The lowest BCUT2D eigenvalue weighted by Gasteiger charge is -2.19. The molecular formula is C13H17BrN2. The van der Waals surface area contributed by atoms with Crippen molar-refractivity contribution in [3.63, 3.8) is 0 Å². The highest BCUT2D eigenvalue weighted by Gasteiger charge is 2.14. The van der Waals surface area contributed by atoms with Crippen LogP contribution < -0.4 is 10.6 Å². The van der Waals surface area contributed by atoms with Crippen LogP contribution in [-0.4, -0.2) is 19.6 Å². The first-order chi connectivity index (χ1) is 7.81. The van der Waals surface area contributed by atoms with Gasteiger partial charge in [-0.1, -0.05) is 18.2 Å². The zero-order valence-corrected chi connectivity index (χ0v) is 10.9. The minimum atomic E-state index is 0.589. The van der Waals surface area contributed by atoms with Gasteiger partial charge >= 0.3 is 0 Å². The Morgan fingerprint density at radius 1 is 1.31 bits per heavy atom. The van der Waals surface area contributed by atoms with Crippen molar-refractivity contribution >= 4 is 27.7 Å². The summed E-state index contributed by atoms with van der Waals surface area (Å²) in [5, 5.41) is 0. The van der Waals surface area contributed by atoms with Gasteiger partial charge in [0.2, 0.25) is 0 Å². The van der Waals surface area contributed by atoms with Crippen LogP contribution in [0.3, 0.4) is 0 Å². The van der Waals surface area contributed by atoms with Crippen molar-refractivity contribution in [2.24, 2.45) is 5.73 Å². The lowest BCUT2D eigenvalue weighted by Crippen LogP contribution is -2.17. The van der Waals surface area contributed by atoms with Crippen molar-refractivity contribution in [3.05, 3.63) is 34.3 Å². The van der Waals surface area contributed by atoms with Gasteiger partial charge in [0.25, 0.3) is 0 Å². The molecule has 0 amide bonds. The molecule has 0 radical (unpaired) electrons. The first-order valence-corrected chi connectivity index (χ1v) is 6.51. The highest BCUT2D eigenvalue weighted by Crippen LogP contribution is 2.30. The Morgan fingerprint density at radius 2 is 2.06 bits per heavy atom. The monoisotopic (exact) mass is 280 g/mol. The number of rotatable bonds is 3. The second-order valence-corrected chi connectivity index (χ2v) is 4.90. The van der Waals surface area contributed by atoms with Gasteiger partial charge < -0.3 is 10.6 Å². The Labute approximate surface area is 105 Å². The van der Waals surface area contributed by atoms with E-state index in [9.17, 15) is 0 Å². The third-order valence-electron chi connectivity index (χ3n) is 2.86. The molecule has 0 saturated carbocycles. The highest BCUT2D eigenvalue weighted by atomic mass is 79.9. The molecule has 3 heteroatoms. The average molecular weight is 281 g/mol. The number of halogens is 1. The second kappa shape index (κ2) is 5.51. The maximum absolute atomic E-state index is 5.44. The van der Waals surface area contributed by atoms with Crippen molar-refractivity contribution in [1.29, 1.82) is 0 Å². The van der Waals surface area contributed by atoms with E-state index in [1.165, 1.54) is 41.7 Å². The van der Waals surface area contributed by atoms with E-state index in [0.717, 1.165) is 0 Å². The first-order valence-electron chi connectivity index (χ1n) is 5.72. The fourth-order valence-corrected chi connectivity index (χ4v) is 2.69. The molecule has 1 aromatic carbocycles. The molecule has 2 N–H and O–H groups in total. The fourth-order valence-electron chi connectivity index (χ4n) is 2.05. The number of nitrogens with zero attached hydrogens (tertiary/aromatic N) is 1. The molecule has 0 spiro atoms. The van der Waals surface area contributed by atoms with E-state index in [1.807, 2.05) is 6.08 Å². The van der Waals surface area contributed by atoms with Crippen LogP contribution in [-0.2, 0) is 0 Å². The molecule has 0 aromatic heterocycles. The summed E-state index contributed by atoms with van der Waals surface area (Å²) >= 11 is 3.64. The van der Waals surface area contributed by atoms with Crippen LogP contribution in [0.15, 0.2) is 28.7 Å². The first kappa shape index (κ1) is 11.7. The van der Waals surface area contributed by atoms with E-state index >= 15 is 0 Å². The van der Waals surface area contributed by atoms with E-state index in [1.54, 1.807) is 0 Å². The molecule has 0 bridgehead atoms. The Kier molecular flexibility index (Phi) is 4.02. The fraction of sp³-hybridized carbons (Fsp3) is 0.385. The number of hydrogen-bond donors (Lipinski definition) is 1. The van der Waals surface area contributed by atoms with E-state index in [4.69, 9.17) is 5.73 Å². The van der Waals surface area contributed by atoms with Gasteiger partial charge in [0.1, 0.15) is 0 Å². The predicted octanol–water partition coefficient (Wildman–Crippen LogP) is 3.02. The van der Waals surface area contributed by atoms with Crippen LogP contribution in [0, 0.1) is 0 Å². The summed E-state index contributed by atoms with van der Waals surface area (Å²) in [4.78, 5) is 2.43. The number of hydrogen-bond acceptors (Lipinski definition) is 2. The van der Waals surface area contributed by atoms with E-state index < -0.39 is 0 Å². The zero-order chi connectivity index (χ0) is 11.4. The van der Waals surface area contributed by atoms with Gasteiger partial charge in [-0.15, -0.1) is 0 Å². The Hall–Kier alpha value is -0.800. The van der Waals surface area contributed by atoms with Crippen molar-refractivity contribution < 1.29 is 0 Å². The van der Waals surface area contributed by atoms with Crippen molar-refractivity contribution in [1.82, 2.24) is 0 Å². The van der Waals surface area contributed by atoms with Crippen molar-refractivity contribution in [2.45, 2.75) is 12.8 Å². The topological polar surface area (TPSA) is 29.3 Å². The molecule has 0 unspecified atom stereocenters. The maximum atomic E-state index is 5.44. The minimum absolute atomic E-state index is 0.589. The van der Waals surface area contributed by atoms with Gasteiger partial charge in [0.05, 0.1) is 5.69 Å². The third-order valence-corrected chi connectivity index (χ3v) is 3.50. The third kappa shape index (κ3) is 2.66. The second-order valence-electron chi connectivity index (χ2n) is 4.04. The quantitative estimate of drug-likeness (QED) is 0.922. The van der Waals surface area contributed by atoms with Crippen LogP contribution in [0.25, 0.3) is 6.08 Å². The summed E-state index contributed by atoms with van der Waals surface area (Å²) in [6, 6.07) is 6.48. The summed E-state index contributed by atoms with van der Waals surface area (Å²) < 4.78 is 1.17. The molecule has 1 fully saturated rings. The largest absolute Gasteiger partial charge is 0.371 e. The molecule has 16 heavy (non-hydrogen) atoms. The molecule has 1 saturated heterocycles. The smallest absolute Gasteiger partial charge is 0.0511 e. The molecule has 86 valence electrons. The lowest BCUT2D eigenvalue weighted by molar-refractivity contribution is 0.949. The van der Waals surface area contributed by atoms with Gasteiger partial charge in [0.15, 0.2) is 0 Å². The van der Waals surface area contributed by atoms with Crippen LogP contribution in [0.2, 0.25) is 0 Å². The Bertz CT molecular complexity index is 382. The average Bonchev–Trinajstić information content (AvgIpc) is 2.80. The van der Waals surface area contributed by atoms with Crippen molar-refractivity contribution in [3.8, 4) is 0 Å². The zero-order valence-electron chi connectivity index (χ0n) is 9.32. The molecule has 1 aliphatic rings. The summed E-state index contributed by atoms with van der Waals surface area (Å²) in [6.07, 6.45) is 6.64. The van der Waals surface area contributed by atoms with Gasteiger partial charge in [-0.25, -0.2) is 0 Å². The predicted molar refractivity (Wildman–Crippen MR) is 73.7 cm³/mol. The molecule has 2 nitrogen and oxygen atoms in total. The van der Waals surface area contributed by atoms with Gasteiger partial charge in [-0.2, -0.15) is 0 Å². The van der Waals surface area contributed by atoms with E-state index in [2.05, 4.69) is 45.1 Å². The summed E-state index contributed by atoms with van der Waals surface area (Å²) in [6.45, 7) is 2.94. The lowest BCUT2D eigenvalue weighted by atomic mass is 10.2. The standard InChI is InChI=1S/C13H17BrN2/c14-12-10-11(4-3-7-15)5-6-13(12)16-8-1-2-9-16/h3-6,10H,1-2,7-9,15H2/b4-3+. The Balaban J connectivity index is 2.18. The SMILES string of the molecule is NC/C=C/c1ccc(N2CCCC2)c(Br)c1. The molecular weight excluding hydrogens is 264 g/mol. The molecule has 1 heterocycles. The number of nitrogens with two attached hydrogens (primary N) is 1. The van der Waals surface area contributed by atoms with Crippen LogP contribution in [0.1, 0.15) is 18.4 Å². The number of benzene rings is 1. The molecule has 1 aliphatic heterocycles. The summed E-state index contributed by atoms with van der Waals surface area (Å²) in [7, 11) is 0. The van der Waals surface area contributed by atoms with Gasteiger partial charge in [-0.05, 0) is 46.5 Å². The van der Waals surface area contributed by atoms with E-state index in [0.29, 0.717) is 6.54 Å². The number of anilines is 1. The minimum Gasteiger partial charge on any atom is -0.371 e. The van der Waals surface area contributed by atoms with Crippen LogP contribution in [0.4, 0.5) is 5.69 Å². The molecule has 2 rings (SSSR count). The normalized spacial score (nSPS) is 16.2. The summed E-state index contributed by atoms with van der Waals surface area (Å²) in [5.74, 6) is 0. The van der Waals surface area contributed by atoms with Crippen LogP contribution in [0.5, 0.6) is 0 Å². The van der Waals surface area contributed by atoms with Crippen molar-refractivity contribution in [2.75, 3.05) is 24.5 Å². The van der Waals surface area contributed by atoms with Gasteiger partial charge in [-0.3, -0.25) is 0 Å². The molecule has 0 aliphatic carbocycles. The molecule has 1 aromatic rings. The Morgan fingerprint density at radius 3 is 2.69 bits per heavy atom. The highest BCUT2D eigenvalue weighted by molar-refractivity contribution is 9.10. The van der Waals surface area contributed by atoms with Crippen LogP contribution >= 0.6 is 15.9 Å².